The Hall–Kier alpha value is -1.61. The van der Waals surface area contributed by atoms with E-state index in [1.165, 1.54) is 16.5 Å². The van der Waals surface area contributed by atoms with Gasteiger partial charge in [-0.3, -0.25) is 4.68 Å². The van der Waals surface area contributed by atoms with Gasteiger partial charge in [0.15, 0.2) is 0 Å². The van der Waals surface area contributed by atoms with Crippen LogP contribution in [0.5, 0.6) is 0 Å². The highest BCUT2D eigenvalue weighted by Crippen LogP contribution is 2.16. The summed E-state index contributed by atoms with van der Waals surface area (Å²) in [7, 11) is 0. The zero-order valence-corrected chi connectivity index (χ0v) is 10.8. The van der Waals surface area contributed by atoms with Crippen molar-refractivity contribution in [1.29, 1.82) is 0 Å². The number of fused-ring (bicyclic) bond motifs is 1. The standard InChI is InChI=1S/C14H11BrN2/c15-13-6-3-4-11(8-13)10-17-14-7-2-1-5-12(14)9-16-17/h1-9H,10H2. The first-order valence-electron chi connectivity index (χ1n) is 5.48. The summed E-state index contributed by atoms with van der Waals surface area (Å²) in [6.07, 6.45) is 1.91. The van der Waals surface area contributed by atoms with Crippen molar-refractivity contribution in [2.75, 3.05) is 0 Å². The molecule has 3 rings (SSSR count). The molecule has 0 aliphatic heterocycles. The molecule has 0 saturated carbocycles. The molecule has 0 saturated heterocycles. The molecule has 0 fully saturated rings. The number of hydrogen-bond acceptors (Lipinski definition) is 1. The second kappa shape index (κ2) is 4.34. The first-order valence-corrected chi connectivity index (χ1v) is 6.27. The van der Waals surface area contributed by atoms with Crippen LogP contribution in [0.25, 0.3) is 10.9 Å². The fourth-order valence-electron chi connectivity index (χ4n) is 1.96. The number of benzene rings is 2. The van der Waals surface area contributed by atoms with Crippen LogP contribution in [0, 0.1) is 0 Å². The minimum atomic E-state index is 0.799. The van der Waals surface area contributed by atoms with Crippen LogP contribution >= 0.6 is 15.9 Å². The molecule has 0 atom stereocenters. The van der Waals surface area contributed by atoms with E-state index in [0.717, 1.165) is 11.0 Å². The zero-order valence-electron chi connectivity index (χ0n) is 9.18. The molecular formula is C14H11BrN2. The molecule has 1 heterocycles. The lowest BCUT2D eigenvalue weighted by Gasteiger charge is -2.04. The molecule has 0 N–H and O–H groups in total. The number of aromatic nitrogens is 2. The summed E-state index contributed by atoms with van der Waals surface area (Å²) in [6.45, 7) is 0.799. The Balaban J connectivity index is 2.00. The van der Waals surface area contributed by atoms with Crippen LogP contribution in [0.1, 0.15) is 5.56 Å². The van der Waals surface area contributed by atoms with Gasteiger partial charge in [0, 0.05) is 9.86 Å². The molecule has 0 aliphatic rings. The topological polar surface area (TPSA) is 17.8 Å². The molecule has 17 heavy (non-hydrogen) atoms. The average Bonchev–Trinajstić information content (AvgIpc) is 2.73. The molecule has 0 spiro atoms. The van der Waals surface area contributed by atoms with Crippen molar-refractivity contribution in [3.8, 4) is 0 Å². The van der Waals surface area contributed by atoms with Crippen LogP contribution in [-0.2, 0) is 6.54 Å². The third kappa shape index (κ3) is 2.11. The summed E-state index contributed by atoms with van der Waals surface area (Å²) in [6, 6.07) is 16.6. The predicted octanol–water partition coefficient (Wildman–Crippen LogP) is 3.85. The molecule has 2 aromatic carbocycles. The summed E-state index contributed by atoms with van der Waals surface area (Å²) in [5.41, 5.74) is 2.42. The Morgan fingerprint density at radius 1 is 1.06 bits per heavy atom. The SMILES string of the molecule is Brc1cccc(Cn2ncc3ccccc32)c1. The van der Waals surface area contributed by atoms with Crippen molar-refractivity contribution >= 4 is 26.8 Å². The molecule has 3 heteroatoms. The van der Waals surface area contributed by atoms with Crippen molar-refractivity contribution in [2.24, 2.45) is 0 Å². The van der Waals surface area contributed by atoms with Crippen molar-refractivity contribution in [2.45, 2.75) is 6.54 Å². The summed E-state index contributed by atoms with van der Waals surface area (Å²) in [4.78, 5) is 0. The Labute approximate surface area is 108 Å². The van der Waals surface area contributed by atoms with Gasteiger partial charge in [-0.05, 0) is 23.8 Å². The number of hydrogen-bond donors (Lipinski definition) is 0. The molecule has 0 aliphatic carbocycles. The monoisotopic (exact) mass is 286 g/mol. The molecule has 0 radical (unpaired) electrons. The maximum atomic E-state index is 4.42. The molecule has 0 unspecified atom stereocenters. The quantitative estimate of drug-likeness (QED) is 0.700. The molecule has 0 amide bonds. The van der Waals surface area contributed by atoms with E-state index in [9.17, 15) is 0 Å². The molecule has 3 aromatic rings. The van der Waals surface area contributed by atoms with Gasteiger partial charge in [0.05, 0.1) is 18.3 Å². The van der Waals surface area contributed by atoms with Gasteiger partial charge in [-0.25, -0.2) is 0 Å². The first-order chi connectivity index (χ1) is 8.33. The zero-order chi connectivity index (χ0) is 11.7. The van der Waals surface area contributed by atoms with E-state index in [1.807, 2.05) is 35.1 Å². The van der Waals surface area contributed by atoms with Crippen LogP contribution < -0.4 is 0 Å². The highest BCUT2D eigenvalue weighted by molar-refractivity contribution is 9.10. The van der Waals surface area contributed by atoms with Crippen molar-refractivity contribution in [1.82, 2.24) is 9.78 Å². The van der Waals surface area contributed by atoms with Gasteiger partial charge in [-0.1, -0.05) is 46.3 Å². The Morgan fingerprint density at radius 2 is 1.94 bits per heavy atom. The fourth-order valence-corrected chi connectivity index (χ4v) is 2.41. The molecule has 0 bridgehead atoms. The highest BCUT2D eigenvalue weighted by Gasteiger charge is 2.02. The normalized spacial score (nSPS) is 10.9. The minimum absolute atomic E-state index is 0.799. The van der Waals surface area contributed by atoms with E-state index < -0.39 is 0 Å². The van der Waals surface area contributed by atoms with Crippen LogP contribution in [-0.4, -0.2) is 9.78 Å². The smallest absolute Gasteiger partial charge is 0.0686 e. The van der Waals surface area contributed by atoms with Gasteiger partial charge in [0.1, 0.15) is 0 Å². The Bertz CT molecular complexity index is 658. The Kier molecular flexibility index (Phi) is 2.69. The van der Waals surface area contributed by atoms with Gasteiger partial charge in [0.25, 0.3) is 0 Å². The van der Waals surface area contributed by atoms with Crippen molar-refractivity contribution in [3.05, 3.63) is 64.8 Å². The van der Waals surface area contributed by atoms with E-state index in [1.54, 1.807) is 0 Å². The van der Waals surface area contributed by atoms with Gasteiger partial charge < -0.3 is 0 Å². The third-order valence-corrected chi connectivity index (χ3v) is 3.27. The van der Waals surface area contributed by atoms with Gasteiger partial charge in [-0.2, -0.15) is 5.10 Å². The van der Waals surface area contributed by atoms with Crippen LogP contribution in [0.2, 0.25) is 0 Å². The summed E-state index contributed by atoms with van der Waals surface area (Å²) in [5.74, 6) is 0. The highest BCUT2D eigenvalue weighted by atomic mass is 79.9. The number of para-hydroxylation sites is 1. The first kappa shape index (κ1) is 10.5. The lowest BCUT2D eigenvalue weighted by Crippen LogP contribution is -2.00. The van der Waals surface area contributed by atoms with Gasteiger partial charge >= 0.3 is 0 Å². The van der Waals surface area contributed by atoms with Crippen LogP contribution in [0.4, 0.5) is 0 Å². The van der Waals surface area contributed by atoms with Gasteiger partial charge in [-0.15, -0.1) is 0 Å². The summed E-state index contributed by atoms with van der Waals surface area (Å²) in [5, 5.41) is 5.60. The summed E-state index contributed by atoms with van der Waals surface area (Å²) >= 11 is 3.49. The number of nitrogens with zero attached hydrogens (tertiary/aromatic N) is 2. The second-order valence-electron chi connectivity index (χ2n) is 3.99. The van der Waals surface area contributed by atoms with E-state index in [4.69, 9.17) is 0 Å². The van der Waals surface area contributed by atoms with Crippen molar-refractivity contribution < 1.29 is 0 Å². The van der Waals surface area contributed by atoms with E-state index >= 15 is 0 Å². The maximum absolute atomic E-state index is 4.42. The molecule has 2 nitrogen and oxygen atoms in total. The maximum Gasteiger partial charge on any atom is 0.0686 e. The van der Waals surface area contributed by atoms with E-state index in [2.05, 4.69) is 45.3 Å². The van der Waals surface area contributed by atoms with Crippen LogP contribution in [0.3, 0.4) is 0 Å². The second-order valence-corrected chi connectivity index (χ2v) is 4.91. The van der Waals surface area contributed by atoms with Crippen molar-refractivity contribution in [3.63, 3.8) is 0 Å². The summed E-state index contributed by atoms with van der Waals surface area (Å²) < 4.78 is 3.13. The van der Waals surface area contributed by atoms with Crippen LogP contribution in [0.15, 0.2) is 59.2 Å². The minimum Gasteiger partial charge on any atom is -0.260 e. The van der Waals surface area contributed by atoms with E-state index in [-0.39, 0.29) is 0 Å². The molecule has 84 valence electrons. The third-order valence-electron chi connectivity index (χ3n) is 2.77. The number of halogens is 1. The van der Waals surface area contributed by atoms with Gasteiger partial charge in [0.2, 0.25) is 0 Å². The lowest BCUT2D eigenvalue weighted by molar-refractivity contribution is 0.712. The molecular weight excluding hydrogens is 276 g/mol. The lowest BCUT2D eigenvalue weighted by atomic mass is 10.2. The largest absolute Gasteiger partial charge is 0.260 e. The predicted molar refractivity (Wildman–Crippen MR) is 73.0 cm³/mol. The number of rotatable bonds is 2. The average molecular weight is 287 g/mol. The molecule has 1 aromatic heterocycles. The fraction of sp³-hybridized carbons (Fsp3) is 0.0714. The van der Waals surface area contributed by atoms with E-state index in [0.29, 0.717) is 0 Å². The Morgan fingerprint density at radius 3 is 2.82 bits per heavy atom.